The van der Waals surface area contributed by atoms with Gasteiger partial charge in [0.1, 0.15) is 0 Å². The van der Waals surface area contributed by atoms with Crippen LogP contribution in [0.25, 0.3) is 0 Å². The van der Waals surface area contributed by atoms with E-state index < -0.39 is 39.7 Å². The Morgan fingerprint density at radius 3 is 1.71 bits per heavy atom. The van der Waals surface area contributed by atoms with Gasteiger partial charge in [-0.25, -0.2) is 0 Å². The minimum absolute atomic E-state index is 0.130. The fraction of sp³-hybridized carbons (Fsp3) is 0.909. The highest BCUT2D eigenvalue weighted by atomic mass is 28.5. The summed E-state index contributed by atoms with van der Waals surface area (Å²) in [7, 11) is -8.70. The lowest BCUT2D eigenvalue weighted by atomic mass is 9.98. The van der Waals surface area contributed by atoms with Gasteiger partial charge < -0.3 is 34.4 Å². The molecule has 0 heterocycles. The molecule has 0 radical (unpaired) electrons. The number of carbonyl (C=O) groups excluding carboxylic acids is 2. The summed E-state index contributed by atoms with van der Waals surface area (Å²) in [6, 6.07) is 1.68. The molecule has 0 fully saturated rings. The number of amides is 2. The van der Waals surface area contributed by atoms with Crippen LogP contribution >= 0.6 is 0 Å². The van der Waals surface area contributed by atoms with Crippen LogP contribution in [-0.4, -0.2) is 71.7 Å². The van der Waals surface area contributed by atoms with Crippen LogP contribution in [-0.2, 0) is 21.9 Å². The summed E-state index contributed by atoms with van der Waals surface area (Å²) in [6.07, 6.45) is 2.45. The molecule has 0 saturated carbocycles. The first-order valence-corrected chi connectivity index (χ1v) is 24.9. The molecule has 0 saturated heterocycles. The van der Waals surface area contributed by atoms with E-state index in [-0.39, 0.29) is 18.2 Å². The summed E-state index contributed by atoms with van der Waals surface area (Å²) in [5.74, 6) is -0.729. The van der Waals surface area contributed by atoms with E-state index in [1.165, 1.54) is 0 Å². The molecule has 13 heteroatoms. The lowest BCUT2D eigenvalue weighted by molar-refractivity contribution is -0.130. The van der Waals surface area contributed by atoms with E-state index >= 15 is 0 Å². The fourth-order valence-corrected chi connectivity index (χ4v) is 22.8. The Morgan fingerprint density at radius 2 is 1.26 bits per heavy atom. The zero-order valence-corrected chi connectivity index (χ0v) is 27.8. The zero-order valence-electron chi connectivity index (χ0n) is 23.8. The van der Waals surface area contributed by atoms with Gasteiger partial charge in [-0.15, -0.1) is 0 Å². The maximum Gasteiger partial charge on any atom is 0.315 e. The molecule has 3 unspecified atom stereocenters. The Labute approximate surface area is 218 Å². The minimum Gasteiger partial charge on any atom is -0.437 e. The van der Waals surface area contributed by atoms with Crippen LogP contribution in [0.4, 0.5) is 0 Å². The predicted octanol–water partition coefficient (Wildman–Crippen LogP) is 3.20. The normalized spacial score (nSPS) is 16.8. The predicted molar refractivity (Wildman–Crippen MR) is 155 cm³/mol. The van der Waals surface area contributed by atoms with Gasteiger partial charge in [-0.1, -0.05) is 19.8 Å². The molecular formula is C22H54N4O5Si4. The van der Waals surface area contributed by atoms with Crippen LogP contribution in [0.3, 0.4) is 0 Å². The van der Waals surface area contributed by atoms with Crippen molar-refractivity contribution in [3.63, 3.8) is 0 Å². The highest BCUT2D eigenvalue weighted by Gasteiger charge is 2.46. The van der Waals surface area contributed by atoms with Crippen molar-refractivity contribution < 1.29 is 21.9 Å². The van der Waals surface area contributed by atoms with Crippen molar-refractivity contribution >= 4 is 45.6 Å². The number of hydrogen-bond acceptors (Lipinski definition) is 7. The van der Waals surface area contributed by atoms with Gasteiger partial charge >= 0.3 is 17.1 Å². The van der Waals surface area contributed by atoms with E-state index in [1.807, 2.05) is 0 Å². The number of nitrogens with two attached hydrogens (primary N) is 2. The molecule has 0 aliphatic heterocycles. The van der Waals surface area contributed by atoms with Gasteiger partial charge in [0.05, 0.1) is 0 Å². The average Bonchev–Trinajstić information content (AvgIpc) is 2.66. The molecule has 0 aliphatic rings. The van der Waals surface area contributed by atoms with Crippen molar-refractivity contribution in [2.75, 3.05) is 26.2 Å². The first kappa shape index (κ1) is 34.6. The van der Waals surface area contributed by atoms with Crippen molar-refractivity contribution in [3.05, 3.63) is 0 Å². The van der Waals surface area contributed by atoms with Gasteiger partial charge in [0.25, 0.3) is 0 Å². The zero-order chi connectivity index (χ0) is 27.3. The van der Waals surface area contributed by atoms with Crippen LogP contribution in [0.5, 0.6) is 0 Å². The molecule has 9 nitrogen and oxygen atoms in total. The molecule has 0 spiro atoms. The first-order chi connectivity index (χ1) is 16.0. The molecule has 0 bridgehead atoms. The van der Waals surface area contributed by atoms with Crippen molar-refractivity contribution in [3.8, 4) is 0 Å². The Balaban J connectivity index is 5.57. The molecule has 35 heavy (non-hydrogen) atoms. The number of rotatable bonds is 19. The molecule has 0 aromatic heterocycles. The van der Waals surface area contributed by atoms with Gasteiger partial charge in [-0.3, -0.25) is 9.59 Å². The van der Waals surface area contributed by atoms with Crippen molar-refractivity contribution in [2.24, 2.45) is 17.4 Å². The lowest BCUT2D eigenvalue weighted by Gasteiger charge is -2.43. The second-order valence-electron chi connectivity index (χ2n) is 11.6. The van der Waals surface area contributed by atoms with Crippen LogP contribution in [0, 0.1) is 5.92 Å². The lowest BCUT2D eigenvalue weighted by Crippen LogP contribution is -2.58. The second-order valence-corrected chi connectivity index (χ2v) is 28.0. The highest BCUT2D eigenvalue weighted by molar-refractivity contribution is 6.89. The molecule has 0 aromatic rings. The average molecular weight is 567 g/mol. The van der Waals surface area contributed by atoms with Crippen LogP contribution in [0.2, 0.25) is 64.5 Å². The molecule has 0 aliphatic carbocycles. The summed E-state index contributed by atoms with van der Waals surface area (Å²) in [5.41, 5.74) is 11.0. The van der Waals surface area contributed by atoms with E-state index in [9.17, 15) is 9.59 Å². The van der Waals surface area contributed by atoms with Crippen LogP contribution < -0.4 is 22.1 Å². The van der Waals surface area contributed by atoms with Crippen LogP contribution in [0.15, 0.2) is 0 Å². The number of carbonyl (C=O) groups is 2. The SMILES string of the molecule is CCC[Si](C)(O[Si](C)(C)C)O[Si](C)(CCCC(CC(=O)NCCN)C(=O)NCCN)O[Si](C)(C)C. The van der Waals surface area contributed by atoms with Gasteiger partial charge in [-0.2, -0.15) is 0 Å². The van der Waals surface area contributed by atoms with Crippen molar-refractivity contribution in [2.45, 2.75) is 97.1 Å². The van der Waals surface area contributed by atoms with Crippen molar-refractivity contribution in [1.82, 2.24) is 10.6 Å². The third kappa shape index (κ3) is 16.9. The van der Waals surface area contributed by atoms with E-state index in [0.717, 1.165) is 24.9 Å². The third-order valence-corrected chi connectivity index (χ3v) is 19.6. The molecule has 0 aromatic carbocycles. The maximum absolute atomic E-state index is 12.7. The van der Waals surface area contributed by atoms with Gasteiger partial charge in [0.2, 0.25) is 11.8 Å². The van der Waals surface area contributed by atoms with Gasteiger partial charge in [0.15, 0.2) is 16.6 Å². The van der Waals surface area contributed by atoms with E-state index in [2.05, 4.69) is 69.9 Å². The number of nitrogens with one attached hydrogen (secondary N) is 2. The van der Waals surface area contributed by atoms with Crippen LogP contribution in [0.1, 0.15) is 32.6 Å². The van der Waals surface area contributed by atoms with Gasteiger partial charge in [-0.05, 0) is 70.9 Å². The van der Waals surface area contributed by atoms with Crippen molar-refractivity contribution in [1.29, 1.82) is 0 Å². The Hall–Kier alpha value is -0.392. The minimum atomic E-state index is -2.59. The molecule has 208 valence electrons. The number of hydrogen-bond donors (Lipinski definition) is 4. The largest absolute Gasteiger partial charge is 0.437 e. The van der Waals surface area contributed by atoms with E-state index in [4.69, 9.17) is 23.8 Å². The third-order valence-electron chi connectivity index (χ3n) is 5.08. The molecule has 3 atom stereocenters. The summed E-state index contributed by atoms with van der Waals surface area (Å²) < 4.78 is 20.4. The Morgan fingerprint density at radius 1 is 0.771 bits per heavy atom. The smallest absolute Gasteiger partial charge is 0.315 e. The standard InChI is InChI=1S/C22H54N4O5Si4/c1-10-17-34(8,29-32(2,3)4)31-35(9,30-33(5,6)7)18-11-12-20(22(28)26-16-14-24)19-21(27)25-15-13-23/h20H,10-19,23-24H2,1-9H3,(H,25,27)(H,26,28). The molecule has 2 amide bonds. The first-order valence-electron chi connectivity index (χ1n) is 13.0. The van der Waals surface area contributed by atoms with E-state index in [1.54, 1.807) is 0 Å². The second kappa shape index (κ2) is 15.8. The summed E-state index contributed by atoms with van der Waals surface area (Å²) >= 11 is 0. The fourth-order valence-electron chi connectivity index (χ4n) is 4.29. The quantitative estimate of drug-likeness (QED) is 0.176. The Kier molecular flexibility index (Phi) is 15.6. The molecular weight excluding hydrogens is 513 g/mol. The summed E-state index contributed by atoms with van der Waals surface area (Å²) in [6.45, 7) is 21.2. The molecule has 6 N–H and O–H groups in total. The topological polar surface area (TPSA) is 138 Å². The summed E-state index contributed by atoms with van der Waals surface area (Å²) in [5, 5.41) is 5.61. The maximum atomic E-state index is 12.7. The van der Waals surface area contributed by atoms with Gasteiger partial charge in [0, 0.05) is 38.5 Å². The Bertz CT molecular complexity index is 648. The monoisotopic (exact) mass is 566 g/mol. The molecule has 0 rings (SSSR count). The highest BCUT2D eigenvalue weighted by Crippen LogP contribution is 2.31. The van der Waals surface area contributed by atoms with E-state index in [0.29, 0.717) is 32.6 Å². The summed E-state index contributed by atoms with van der Waals surface area (Å²) in [4.78, 5) is 25.1.